The van der Waals surface area contributed by atoms with Crippen molar-refractivity contribution in [3.05, 3.63) is 48.6 Å². The van der Waals surface area contributed by atoms with Crippen molar-refractivity contribution in [1.29, 1.82) is 0 Å². The van der Waals surface area contributed by atoms with Crippen molar-refractivity contribution in [3.63, 3.8) is 0 Å². The van der Waals surface area contributed by atoms with Gasteiger partial charge in [0.05, 0.1) is 34.4 Å². The molecule has 0 aromatic carbocycles. The number of phosphoric acid groups is 1. The molecule has 0 spiro atoms. The first-order valence-corrected chi connectivity index (χ1v) is 22.4. The molecule has 0 aliphatic heterocycles. The van der Waals surface area contributed by atoms with E-state index >= 15 is 0 Å². The molecule has 0 aliphatic rings. The number of allylic oxidation sites excluding steroid dienone is 8. The van der Waals surface area contributed by atoms with Crippen LogP contribution in [0, 0.1) is 0 Å². The van der Waals surface area contributed by atoms with E-state index in [2.05, 4.69) is 62.5 Å². The molecule has 304 valence electrons. The molecule has 0 fully saturated rings. The first kappa shape index (κ1) is 50.5. The largest absolute Gasteiger partial charge is 0.472 e. The topological polar surface area (TPSA) is 91.3 Å². The van der Waals surface area contributed by atoms with Gasteiger partial charge in [-0.3, -0.25) is 13.8 Å². The van der Waals surface area contributed by atoms with Crippen molar-refractivity contribution < 1.29 is 37.3 Å². The first-order chi connectivity index (χ1) is 25.1. The number of nitrogens with zero attached hydrogens (tertiary/aromatic N) is 1. The highest BCUT2D eigenvalue weighted by atomic mass is 31.2. The summed E-state index contributed by atoms with van der Waals surface area (Å²) in [6.07, 6.45) is 42.8. The van der Waals surface area contributed by atoms with Gasteiger partial charge in [-0.15, -0.1) is 0 Å². The van der Waals surface area contributed by atoms with E-state index in [-0.39, 0.29) is 25.8 Å². The maximum atomic E-state index is 12.6. The molecule has 2 atom stereocenters. The number of hydrogen-bond acceptors (Lipinski definition) is 6. The molecule has 0 aromatic rings. The zero-order chi connectivity index (χ0) is 38.4. The van der Waals surface area contributed by atoms with E-state index < -0.39 is 13.9 Å². The monoisotopic (exact) mass is 755 g/mol. The molecule has 0 heterocycles. The fraction of sp³-hybridized carbons (Fsp3) is 0.791. The normalized spacial score (nSPS) is 14.3. The Morgan fingerprint density at radius 1 is 0.615 bits per heavy atom. The van der Waals surface area contributed by atoms with E-state index in [9.17, 15) is 14.3 Å². The number of rotatable bonds is 38. The van der Waals surface area contributed by atoms with Crippen LogP contribution in [0.15, 0.2) is 48.6 Å². The molecule has 2 unspecified atom stereocenters. The Balaban J connectivity index is 4.21. The van der Waals surface area contributed by atoms with Gasteiger partial charge in [-0.2, -0.15) is 0 Å². The lowest BCUT2D eigenvalue weighted by atomic mass is 10.1. The molecule has 0 amide bonds. The van der Waals surface area contributed by atoms with Gasteiger partial charge in [0.25, 0.3) is 0 Å². The molecular formula is C43H81NO7P+. The number of ether oxygens (including phenoxy) is 2. The van der Waals surface area contributed by atoms with Gasteiger partial charge in [0.2, 0.25) is 0 Å². The van der Waals surface area contributed by atoms with E-state index in [1.807, 2.05) is 21.1 Å². The van der Waals surface area contributed by atoms with Crippen LogP contribution < -0.4 is 0 Å². The van der Waals surface area contributed by atoms with Crippen molar-refractivity contribution in [1.82, 2.24) is 0 Å². The molecule has 0 radical (unpaired) electrons. The summed E-state index contributed by atoms with van der Waals surface area (Å²) >= 11 is 0. The molecule has 52 heavy (non-hydrogen) atoms. The van der Waals surface area contributed by atoms with Crippen LogP contribution in [0.2, 0.25) is 0 Å². The third kappa shape index (κ3) is 39.7. The fourth-order valence-corrected chi connectivity index (χ4v) is 6.17. The van der Waals surface area contributed by atoms with E-state index in [0.29, 0.717) is 24.1 Å². The number of likely N-dealkylation sites (N-methyl/N-ethyl adjacent to an activating group) is 1. The van der Waals surface area contributed by atoms with Crippen molar-refractivity contribution >= 4 is 13.8 Å². The molecule has 0 saturated heterocycles. The number of phosphoric ester groups is 1. The van der Waals surface area contributed by atoms with Crippen LogP contribution in [0.25, 0.3) is 0 Å². The zero-order valence-electron chi connectivity index (χ0n) is 34.3. The molecule has 8 nitrogen and oxygen atoms in total. The van der Waals surface area contributed by atoms with Gasteiger partial charge >= 0.3 is 13.8 Å². The van der Waals surface area contributed by atoms with Crippen molar-refractivity contribution in [2.24, 2.45) is 0 Å². The Labute approximate surface area is 320 Å². The molecule has 9 heteroatoms. The summed E-state index contributed by atoms with van der Waals surface area (Å²) in [5.41, 5.74) is 0. The molecular weight excluding hydrogens is 673 g/mol. The van der Waals surface area contributed by atoms with Gasteiger partial charge in [-0.25, -0.2) is 4.57 Å². The molecule has 0 saturated carbocycles. The summed E-state index contributed by atoms with van der Waals surface area (Å²) in [4.78, 5) is 22.8. The zero-order valence-corrected chi connectivity index (χ0v) is 35.2. The summed E-state index contributed by atoms with van der Waals surface area (Å²) in [5, 5.41) is 0. The highest BCUT2D eigenvalue weighted by Gasteiger charge is 2.26. The van der Waals surface area contributed by atoms with Crippen molar-refractivity contribution in [3.8, 4) is 0 Å². The number of unbranched alkanes of at least 4 members (excludes halogenated alkanes) is 16. The maximum Gasteiger partial charge on any atom is 0.472 e. The van der Waals surface area contributed by atoms with Crippen LogP contribution in [0.1, 0.15) is 162 Å². The molecule has 0 bridgehead atoms. The number of quaternary nitrogens is 1. The smallest absolute Gasteiger partial charge is 0.457 e. The Kier molecular flexibility index (Phi) is 35.4. The van der Waals surface area contributed by atoms with Crippen LogP contribution in [0.5, 0.6) is 0 Å². The van der Waals surface area contributed by atoms with E-state index in [0.717, 1.165) is 64.2 Å². The second-order valence-electron chi connectivity index (χ2n) is 15.0. The summed E-state index contributed by atoms with van der Waals surface area (Å²) < 4.78 is 34.9. The van der Waals surface area contributed by atoms with Crippen LogP contribution in [0.3, 0.4) is 0 Å². The third-order valence-corrected chi connectivity index (χ3v) is 9.64. The highest BCUT2D eigenvalue weighted by Crippen LogP contribution is 2.43. The van der Waals surface area contributed by atoms with Crippen molar-refractivity contribution in [2.45, 2.75) is 168 Å². The lowest BCUT2D eigenvalue weighted by Crippen LogP contribution is -2.37. The van der Waals surface area contributed by atoms with E-state index in [1.54, 1.807) is 0 Å². The quantitative estimate of drug-likeness (QED) is 0.0221. The maximum absolute atomic E-state index is 12.6. The Morgan fingerprint density at radius 3 is 1.67 bits per heavy atom. The lowest BCUT2D eigenvalue weighted by Gasteiger charge is -2.24. The first-order valence-electron chi connectivity index (χ1n) is 20.9. The SMILES string of the molecule is CC/C=C\C/C=C\C/C=C\C/C=C\CCCCCCCCCOCC(COP(=O)(O)OCC[N+](C)(C)C)OC(=O)CCCCCCCCCCCC. The van der Waals surface area contributed by atoms with Gasteiger partial charge < -0.3 is 18.9 Å². The predicted octanol–water partition coefficient (Wildman–Crippen LogP) is 12.0. The second-order valence-corrected chi connectivity index (χ2v) is 16.4. The predicted molar refractivity (Wildman–Crippen MR) is 219 cm³/mol. The molecule has 0 aromatic heterocycles. The standard InChI is InChI=1S/C43H80NO7P/c1-6-8-10-12-14-16-18-19-20-21-22-23-24-25-26-27-29-31-33-35-38-48-40-42(41-50-52(46,47)49-39-37-44(3,4)5)51-43(45)36-34-32-30-28-17-15-13-11-9-7-2/h8,10,14,16,19-20,22-23,42H,6-7,9,11-13,15,17-18,21,24-41H2,1-5H3/p+1/b10-8-,16-14-,20-19-,23-22-. The van der Waals surface area contributed by atoms with Gasteiger partial charge in [0.15, 0.2) is 0 Å². The second kappa shape index (κ2) is 36.4. The summed E-state index contributed by atoms with van der Waals surface area (Å²) in [7, 11) is 1.66. The number of carbonyl (C=O) groups is 1. The summed E-state index contributed by atoms with van der Waals surface area (Å²) in [6, 6.07) is 0. The summed E-state index contributed by atoms with van der Waals surface area (Å²) in [6.45, 7) is 5.46. The van der Waals surface area contributed by atoms with Gasteiger partial charge in [0.1, 0.15) is 19.3 Å². The van der Waals surface area contributed by atoms with E-state index in [4.69, 9.17) is 18.5 Å². The number of esters is 1. The fourth-order valence-electron chi connectivity index (χ4n) is 5.42. The summed E-state index contributed by atoms with van der Waals surface area (Å²) in [5.74, 6) is -0.322. The van der Waals surface area contributed by atoms with Crippen LogP contribution >= 0.6 is 7.82 Å². The van der Waals surface area contributed by atoms with Gasteiger partial charge in [-0.05, 0) is 51.4 Å². The third-order valence-electron chi connectivity index (χ3n) is 8.65. The molecule has 0 aliphatic carbocycles. The minimum Gasteiger partial charge on any atom is -0.457 e. The Morgan fingerprint density at radius 2 is 1.12 bits per heavy atom. The molecule has 0 rings (SSSR count). The Bertz CT molecular complexity index is 973. The minimum atomic E-state index is -4.27. The van der Waals surface area contributed by atoms with Crippen LogP contribution in [-0.4, -0.2) is 75.6 Å². The highest BCUT2D eigenvalue weighted by molar-refractivity contribution is 7.47. The Hall–Kier alpha value is -1.54. The van der Waals surface area contributed by atoms with Gasteiger partial charge in [-0.1, -0.05) is 152 Å². The average molecular weight is 755 g/mol. The number of hydrogen-bond donors (Lipinski definition) is 1. The number of carbonyl (C=O) groups excluding carboxylic acids is 1. The van der Waals surface area contributed by atoms with Crippen LogP contribution in [-0.2, 0) is 27.9 Å². The van der Waals surface area contributed by atoms with Crippen LogP contribution in [0.4, 0.5) is 0 Å². The minimum absolute atomic E-state index is 0.0856. The van der Waals surface area contributed by atoms with Gasteiger partial charge in [0, 0.05) is 13.0 Å². The lowest BCUT2D eigenvalue weighted by molar-refractivity contribution is -0.870. The van der Waals surface area contributed by atoms with E-state index in [1.165, 1.54) is 77.0 Å². The van der Waals surface area contributed by atoms with Crippen molar-refractivity contribution in [2.75, 3.05) is 54.1 Å². The molecule has 1 N–H and O–H groups in total. The average Bonchev–Trinajstić information content (AvgIpc) is 3.09.